The van der Waals surface area contributed by atoms with Crippen LogP contribution in [-0.2, 0) is 10.1 Å². The fraction of sp³-hybridized carbons (Fsp3) is 1.00. The zero-order chi connectivity index (χ0) is 9.41. The molecule has 0 saturated heterocycles. The van der Waals surface area contributed by atoms with E-state index < -0.39 is 0 Å². The number of nitrogens with one attached hydrogen (secondary N) is 2. The third-order valence-electron chi connectivity index (χ3n) is 0. The molecule has 0 heterocycles. The van der Waals surface area contributed by atoms with Gasteiger partial charge in [0, 0.05) is 0 Å². The first-order valence-electron chi connectivity index (χ1n) is 1.14. The average Bonchev–Trinajstić information content (AvgIpc) is 1.99. The Hall–Kier alpha value is -1.04. The zero-order valence-corrected chi connectivity index (χ0v) is 4.42. The molecule has 0 radical (unpaired) electrons. The number of hydrogen-bond acceptors (Lipinski definition) is 10. The van der Waals surface area contributed by atoms with Crippen molar-refractivity contribution in [2.24, 2.45) is 0 Å². The van der Waals surface area contributed by atoms with Gasteiger partial charge in [0.25, 0.3) is 0 Å². The summed E-state index contributed by atoms with van der Waals surface area (Å²) < 4.78 is 0. The van der Waals surface area contributed by atoms with Crippen molar-refractivity contribution in [1.29, 1.82) is 11.2 Å². The molecule has 0 atom stereocenters. The van der Waals surface area contributed by atoms with Gasteiger partial charge in [-0.15, -0.1) is 0 Å². The largest absolute Gasteiger partial charge is 0.221 e. The summed E-state index contributed by atoms with van der Waals surface area (Å²) in [7, 11) is 0. The second-order valence-corrected chi connectivity index (χ2v) is 0.163. The Labute approximate surface area is 68.2 Å². The molecule has 10 heteroatoms. The second kappa shape index (κ2) is 868. The van der Waals surface area contributed by atoms with Crippen LogP contribution in [-0.4, -0.2) is 21.0 Å². The predicted molar refractivity (Wildman–Crippen MR) is 38.3 cm³/mol. The van der Waals surface area contributed by atoms with Crippen LogP contribution in [0.4, 0.5) is 0 Å². The highest BCUT2D eigenvalue weighted by Crippen LogP contribution is 1.24. The summed E-state index contributed by atoms with van der Waals surface area (Å²) in [5, 5.41) is 31.0. The molecule has 0 saturated carbocycles. The molecule has 0 unspecified atom stereocenters. The average molecular weight is 194 g/mol. The highest BCUT2D eigenvalue weighted by molar-refractivity contribution is 3.64. The van der Waals surface area contributed by atoms with E-state index in [-0.39, 0.29) is 14.9 Å². The fourth-order valence-electron chi connectivity index (χ4n) is 0. The first kappa shape index (κ1) is 44.2. The van der Waals surface area contributed by atoms with Crippen molar-refractivity contribution in [3.05, 3.63) is 9.81 Å². The Bertz CT molecular complexity index is 27.0. The van der Waals surface area contributed by atoms with E-state index in [1.54, 1.807) is 0 Å². The molecule has 0 aliphatic carbocycles. The van der Waals surface area contributed by atoms with Gasteiger partial charge in [0.05, 0.1) is 0 Å². The van der Waals surface area contributed by atoms with Crippen molar-refractivity contribution in [2.75, 3.05) is 0 Å². The Morgan fingerprint density at radius 2 is 0.667 bits per heavy atom. The van der Waals surface area contributed by atoms with Crippen molar-refractivity contribution < 1.29 is 31.1 Å². The van der Waals surface area contributed by atoms with E-state index in [0.29, 0.717) is 0 Å². The molecule has 0 aliphatic rings. The van der Waals surface area contributed by atoms with Crippen molar-refractivity contribution in [2.45, 2.75) is 14.9 Å². The molecule has 12 heavy (non-hydrogen) atoms. The Balaban J connectivity index is -0.00000000967. The molecule has 0 rings (SSSR count). The maximum Gasteiger partial charge on any atom is -0.0737 e. The highest BCUT2D eigenvalue weighted by Gasteiger charge is 1.27. The van der Waals surface area contributed by atoms with Gasteiger partial charge in [-0.25, -0.2) is 21.0 Å². The minimum absolute atomic E-state index is 0. The summed E-state index contributed by atoms with van der Waals surface area (Å²) in [5.41, 5.74) is 9.00. The van der Waals surface area contributed by atoms with Crippen LogP contribution < -0.4 is 0 Å². The minimum atomic E-state index is 0. The molecular formula is C2H14N2O8. The van der Waals surface area contributed by atoms with E-state index in [1.807, 2.05) is 0 Å². The molecule has 0 aromatic rings. The van der Waals surface area contributed by atoms with E-state index in [4.69, 9.17) is 30.8 Å². The Morgan fingerprint density at radius 1 is 0.667 bits per heavy atom. The molecule has 0 spiro atoms. The molecule has 0 aromatic carbocycles. The summed E-state index contributed by atoms with van der Waals surface area (Å²) in [6, 6.07) is 0. The standard InChI is InChI=1S/2CH4.2HNO.2H2O3/c;;2*1-2;2*1-3-2/h2*1H4;2*1H;2*1-2H. The molecule has 0 aromatic heterocycles. The lowest BCUT2D eigenvalue weighted by Gasteiger charge is -1.56. The van der Waals surface area contributed by atoms with Crippen LogP contribution in [0.2, 0.25) is 0 Å². The normalized spacial score (nSPS) is 3.67. The summed E-state index contributed by atoms with van der Waals surface area (Å²) in [6.45, 7) is 0. The summed E-state index contributed by atoms with van der Waals surface area (Å²) >= 11 is 0. The lowest BCUT2D eigenvalue weighted by molar-refractivity contribution is -0.465. The predicted octanol–water partition coefficient (Wildman–Crippen LogP) is 1.83. The van der Waals surface area contributed by atoms with Crippen LogP contribution in [0.25, 0.3) is 0 Å². The summed E-state index contributed by atoms with van der Waals surface area (Å²) in [5.74, 6) is 0. The maximum absolute atomic E-state index is 7.50. The van der Waals surface area contributed by atoms with E-state index >= 15 is 0 Å². The lowest BCUT2D eigenvalue weighted by atomic mass is 12.0. The SMILES string of the molecule is C.C.N=O.N=O.OOO.OOO. The minimum Gasteiger partial charge on any atom is -0.221 e. The van der Waals surface area contributed by atoms with E-state index in [9.17, 15) is 0 Å². The van der Waals surface area contributed by atoms with Gasteiger partial charge in [-0.1, -0.05) is 36.1 Å². The lowest BCUT2D eigenvalue weighted by Crippen LogP contribution is -1.60. The zero-order valence-electron chi connectivity index (χ0n) is 4.42. The first-order chi connectivity index (χ1) is 4.83. The summed E-state index contributed by atoms with van der Waals surface area (Å²) in [6.07, 6.45) is 0. The topological polar surface area (TPSA) is 181 Å². The van der Waals surface area contributed by atoms with Crippen molar-refractivity contribution >= 4 is 0 Å². The third kappa shape index (κ3) is 525. The van der Waals surface area contributed by atoms with Gasteiger partial charge in [-0.3, -0.25) is 0 Å². The molecule has 0 aliphatic heterocycles. The molecule has 10 nitrogen and oxygen atoms in total. The van der Waals surface area contributed by atoms with Crippen LogP contribution in [0.5, 0.6) is 0 Å². The fourth-order valence-corrected chi connectivity index (χ4v) is 0. The number of rotatable bonds is 0. The first-order valence-corrected chi connectivity index (χ1v) is 1.14. The Kier molecular flexibility index (Phi) is 3200. The molecular weight excluding hydrogens is 180 g/mol. The van der Waals surface area contributed by atoms with Crippen molar-refractivity contribution in [1.82, 2.24) is 0 Å². The molecule has 0 fully saturated rings. The quantitative estimate of drug-likeness (QED) is 0.191. The highest BCUT2D eigenvalue weighted by atomic mass is 17.4. The summed E-state index contributed by atoms with van der Waals surface area (Å²) in [4.78, 5) is 15.0. The second-order valence-electron chi connectivity index (χ2n) is 0.163. The molecule has 6 N–H and O–H groups in total. The van der Waals surface area contributed by atoms with E-state index in [0.717, 1.165) is 0 Å². The third-order valence-corrected chi connectivity index (χ3v) is 0. The maximum atomic E-state index is 7.50. The smallest absolute Gasteiger partial charge is 0.0737 e. The Morgan fingerprint density at radius 3 is 0.667 bits per heavy atom. The van der Waals surface area contributed by atoms with Gasteiger partial charge in [-0.05, 0) is 0 Å². The van der Waals surface area contributed by atoms with Crippen LogP contribution in [0.15, 0.2) is 0 Å². The monoisotopic (exact) mass is 194 g/mol. The van der Waals surface area contributed by atoms with Crippen LogP contribution >= 0.6 is 0 Å². The van der Waals surface area contributed by atoms with Crippen molar-refractivity contribution in [3.63, 3.8) is 0 Å². The number of hydrogen-bond donors (Lipinski definition) is 6. The van der Waals surface area contributed by atoms with Gasteiger partial charge in [0.1, 0.15) is 0 Å². The molecule has 0 bridgehead atoms. The molecule has 80 valence electrons. The van der Waals surface area contributed by atoms with Gasteiger partial charge in [0.15, 0.2) is 0 Å². The van der Waals surface area contributed by atoms with E-state index in [2.05, 4.69) is 21.3 Å². The van der Waals surface area contributed by atoms with E-state index in [1.165, 1.54) is 0 Å². The van der Waals surface area contributed by atoms with Crippen LogP contribution in [0.1, 0.15) is 14.9 Å². The van der Waals surface area contributed by atoms with Crippen LogP contribution in [0.3, 0.4) is 0 Å². The van der Waals surface area contributed by atoms with Gasteiger partial charge < -0.3 is 0 Å². The number of nitroso groups, excluding NO2 is 2. The van der Waals surface area contributed by atoms with Crippen molar-refractivity contribution in [3.8, 4) is 0 Å². The van der Waals surface area contributed by atoms with Gasteiger partial charge in [0.2, 0.25) is 0 Å². The molecule has 0 amide bonds. The van der Waals surface area contributed by atoms with Gasteiger partial charge in [-0.2, -0.15) is 9.81 Å². The van der Waals surface area contributed by atoms with Crippen LogP contribution in [0, 0.1) is 21.0 Å². The van der Waals surface area contributed by atoms with Gasteiger partial charge >= 0.3 is 0 Å².